The third kappa shape index (κ3) is 8.50. The minimum atomic E-state index is -0.523. The first-order valence-corrected chi connectivity index (χ1v) is 10.5. The van der Waals surface area contributed by atoms with E-state index >= 15 is 0 Å². The number of aliphatic imine (C=N–C) groups is 1. The summed E-state index contributed by atoms with van der Waals surface area (Å²) < 4.78 is 0. The van der Waals surface area contributed by atoms with E-state index in [4.69, 9.17) is 0 Å². The summed E-state index contributed by atoms with van der Waals surface area (Å²) in [5, 5.41) is 9.68. The standard InChI is InChI=1S/C22H37N5O.HI/c1-5-23-20(28)22(3,4)17-26-21(24-6-2)25-15-19-13-10-14-27(19)16-18-11-8-7-9-12-18;/h7-9,11-12,19H,5-6,10,13-17H2,1-4H3,(H,23,28)(H2,24,25,26);1H. The second-order valence-electron chi connectivity index (χ2n) is 8.07. The van der Waals surface area contributed by atoms with Crippen molar-refractivity contribution in [3.05, 3.63) is 35.9 Å². The lowest BCUT2D eigenvalue weighted by Gasteiger charge is -2.26. The van der Waals surface area contributed by atoms with Crippen molar-refractivity contribution in [1.82, 2.24) is 20.9 Å². The van der Waals surface area contributed by atoms with Crippen LogP contribution in [0.1, 0.15) is 46.1 Å². The van der Waals surface area contributed by atoms with Crippen LogP contribution in [0.4, 0.5) is 0 Å². The highest BCUT2D eigenvalue weighted by Gasteiger charge is 2.27. The number of benzene rings is 1. The first kappa shape index (κ1) is 25.7. The van der Waals surface area contributed by atoms with E-state index in [0.29, 0.717) is 19.1 Å². The maximum Gasteiger partial charge on any atom is 0.227 e. The van der Waals surface area contributed by atoms with E-state index in [9.17, 15) is 4.79 Å². The fourth-order valence-corrected chi connectivity index (χ4v) is 3.46. The molecule has 0 aliphatic carbocycles. The molecule has 0 spiro atoms. The lowest BCUT2D eigenvalue weighted by atomic mass is 9.92. The molecule has 1 aromatic rings. The molecule has 1 fully saturated rings. The third-order valence-electron chi connectivity index (χ3n) is 5.16. The summed E-state index contributed by atoms with van der Waals surface area (Å²) in [6.45, 7) is 12.7. The molecular weight excluding hydrogens is 477 g/mol. The van der Waals surface area contributed by atoms with Crippen LogP contribution in [0.25, 0.3) is 0 Å². The molecule has 1 unspecified atom stereocenters. The molecule has 164 valence electrons. The lowest BCUT2D eigenvalue weighted by molar-refractivity contribution is -0.128. The van der Waals surface area contributed by atoms with Crippen molar-refractivity contribution in [3.8, 4) is 0 Å². The van der Waals surface area contributed by atoms with Crippen molar-refractivity contribution in [1.29, 1.82) is 0 Å². The molecule has 1 aliphatic rings. The topological polar surface area (TPSA) is 68.8 Å². The van der Waals surface area contributed by atoms with Gasteiger partial charge in [-0.3, -0.25) is 14.7 Å². The van der Waals surface area contributed by atoms with Gasteiger partial charge in [-0.25, -0.2) is 0 Å². The number of hydrogen-bond donors (Lipinski definition) is 3. The number of nitrogens with zero attached hydrogens (tertiary/aromatic N) is 2. The first-order valence-electron chi connectivity index (χ1n) is 10.5. The Balaban J connectivity index is 0.00000420. The van der Waals surface area contributed by atoms with Crippen LogP contribution in [0, 0.1) is 5.41 Å². The Morgan fingerprint density at radius 1 is 1.14 bits per heavy atom. The van der Waals surface area contributed by atoms with E-state index in [2.05, 4.69) is 63.1 Å². The minimum Gasteiger partial charge on any atom is -0.357 e. The predicted octanol–water partition coefficient (Wildman–Crippen LogP) is 2.99. The first-order chi connectivity index (χ1) is 13.5. The molecule has 1 saturated heterocycles. The number of guanidine groups is 1. The third-order valence-corrected chi connectivity index (χ3v) is 5.16. The lowest BCUT2D eigenvalue weighted by Crippen LogP contribution is -2.45. The van der Waals surface area contributed by atoms with Gasteiger partial charge in [-0.05, 0) is 52.6 Å². The molecule has 1 amide bonds. The van der Waals surface area contributed by atoms with Gasteiger partial charge in [0.25, 0.3) is 0 Å². The van der Waals surface area contributed by atoms with E-state index < -0.39 is 5.41 Å². The highest BCUT2D eigenvalue weighted by molar-refractivity contribution is 14.0. The van der Waals surface area contributed by atoms with Gasteiger partial charge in [-0.1, -0.05) is 30.3 Å². The fourth-order valence-electron chi connectivity index (χ4n) is 3.46. The second kappa shape index (κ2) is 13.1. The number of amides is 1. The zero-order valence-corrected chi connectivity index (χ0v) is 20.7. The number of carbonyl (C=O) groups is 1. The summed E-state index contributed by atoms with van der Waals surface area (Å²) >= 11 is 0. The number of hydrogen-bond acceptors (Lipinski definition) is 3. The molecule has 0 bridgehead atoms. The van der Waals surface area contributed by atoms with Gasteiger partial charge in [-0.15, -0.1) is 24.0 Å². The van der Waals surface area contributed by atoms with Gasteiger partial charge in [0.05, 0.1) is 12.0 Å². The van der Waals surface area contributed by atoms with Crippen molar-refractivity contribution in [2.75, 3.05) is 32.7 Å². The maximum absolute atomic E-state index is 12.2. The van der Waals surface area contributed by atoms with Crippen LogP contribution in [-0.2, 0) is 11.3 Å². The fraction of sp³-hybridized carbons (Fsp3) is 0.636. The largest absolute Gasteiger partial charge is 0.357 e. The molecule has 29 heavy (non-hydrogen) atoms. The summed E-state index contributed by atoms with van der Waals surface area (Å²) in [4.78, 5) is 19.4. The van der Waals surface area contributed by atoms with Crippen molar-refractivity contribution in [2.24, 2.45) is 10.4 Å². The van der Waals surface area contributed by atoms with Crippen LogP contribution in [0.2, 0.25) is 0 Å². The van der Waals surface area contributed by atoms with Gasteiger partial charge in [0.15, 0.2) is 5.96 Å². The van der Waals surface area contributed by atoms with E-state index in [0.717, 1.165) is 32.1 Å². The molecule has 2 rings (SSSR count). The average Bonchev–Trinajstić information content (AvgIpc) is 3.12. The summed E-state index contributed by atoms with van der Waals surface area (Å²) in [6, 6.07) is 11.2. The molecular formula is C22H38IN5O. The van der Waals surface area contributed by atoms with E-state index in [1.54, 1.807) is 0 Å². The molecule has 0 aromatic heterocycles. The van der Waals surface area contributed by atoms with Crippen LogP contribution in [0.3, 0.4) is 0 Å². The summed E-state index contributed by atoms with van der Waals surface area (Å²) in [5.74, 6) is 0.825. The van der Waals surface area contributed by atoms with Gasteiger partial charge in [-0.2, -0.15) is 0 Å². The second-order valence-corrected chi connectivity index (χ2v) is 8.07. The van der Waals surface area contributed by atoms with Gasteiger partial charge in [0.1, 0.15) is 0 Å². The molecule has 1 atom stereocenters. The SMILES string of the molecule is CCNC(=O)C(C)(C)CN=C(NCC)NCC1CCCN1Cc1ccccc1.I. The van der Waals surface area contributed by atoms with Gasteiger partial charge >= 0.3 is 0 Å². The molecule has 7 heteroatoms. The van der Waals surface area contributed by atoms with E-state index in [1.165, 1.54) is 18.4 Å². The minimum absolute atomic E-state index is 0. The molecule has 0 radical (unpaired) electrons. The van der Waals surface area contributed by atoms with Crippen molar-refractivity contribution >= 4 is 35.8 Å². The Bertz CT molecular complexity index is 635. The number of halogens is 1. The highest BCUT2D eigenvalue weighted by atomic mass is 127. The van der Waals surface area contributed by atoms with Crippen LogP contribution < -0.4 is 16.0 Å². The summed E-state index contributed by atoms with van der Waals surface area (Å²) in [5.41, 5.74) is 0.837. The molecule has 3 N–H and O–H groups in total. The molecule has 1 aromatic carbocycles. The molecule has 1 heterocycles. The number of likely N-dealkylation sites (tertiary alicyclic amines) is 1. The maximum atomic E-state index is 12.2. The Hall–Kier alpha value is -1.35. The molecule has 1 aliphatic heterocycles. The van der Waals surface area contributed by atoms with Gasteiger partial charge < -0.3 is 16.0 Å². The number of nitrogens with one attached hydrogen (secondary N) is 3. The summed E-state index contributed by atoms with van der Waals surface area (Å²) in [6.07, 6.45) is 2.43. The Labute approximate surface area is 193 Å². The Kier molecular flexibility index (Phi) is 11.6. The average molecular weight is 515 g/mol. The Morgan fingerprint density at radius 3 is 2.48 bits per heavy atom. The van der Waals surface area contributed by atoms with E-state index in [1.807, 2.05) is 20.8 Å². The van der Waals surface area contributed by atoms with Crippen LogP contribution in [0.15, 0.2) is 35.3 Å². The van der Waals surface area contributed by atoms with Crippen molar-refractivity contribution < 1.29 is 4.79 Å². The molecule has 0 saturated carbocycles. The Morgan fingerprint density at radius 2 is 1.83 bits per heavy atom. The smallest absolute Gasteiger partial charge is 0.227 e. The van der Waals surface area contributed by atoms with E-state index in [-0.39, 0.29) is 29.9 Å². The summed E-state index contributed by atoms with van der Waals surface area (Å²) in [7, 11) is 0. The normalized spacial score (nSPS) is 17.5. The monoisotopic (exact) mass is 515 g/mol. The quantitative estimate of drug-likeness (QED) is 0.269. The number of rotatable bonds is 9. The van der Waals surface area contributed by atoms with Gasteiger partial charge in [0.2, 0.25) is 5.91 Å². The zero-order valence-electron chi connectivity index (χ0n) is 18.3. The zero-order chi connectivity index (χ0) is 20.4. The highest BCUT2D eigenvalue weighted by Crippen LogP contribution is 2.19. The van der Waals surface area contributed by atoms with Crippen molar-refractivity contribution in [3.63, 3.8) is 0 Å². The predicted molar refractivity (Wildman–Crippen MR) is 132 cm³/mol. The van der Waals surface area contributed by atoms with Crippen LogP contribution in [-0.4, -0.2) is 55.5 Å². The van der Waals surface area contributed by atoms with Gasteiger partial charge in [0, 0.05) is 32.2 Å². The van der Waals surface area contributed by atoms with Crippen LogP contribution >= 0.6 is 24.0 Å². The molecule has 6 nitrogen and oxygen atoms in total. The van der Waals surface area contributed by atoms with Crippen molar-refractivity contribution in [2.45, 2.75) is 53.1 Å². The number of carbonyl (C=O) groups excluding carboxylic acids is 1. The van der Waals surface area contributed by atoms with Crippen LogP contribution in [0.5, 0.6) is 0 Å².